The normalized spacial score (nSPS) is 10.8. The predicted octanol–water partition coefficient (Wildman–Crippen LogP) is 3.50. The fourth-order valence-corrected chi connectivity index (χ4v) is 2.42. The fraction of sp³-hybridized carbons (Fsp3) is 0.0588. The molecule has 116 valence electrons. The highest BCUT2D eigenvalue weighted by molar-refractivity contribution is 7.80. The van der Waals surface area contributed by atoms with Crippen molar-refractivity contribution in [2.45, 2.75) is 0 Å². The molecule has 3 rings (SSSR count). The van der Waals surface area contributed by atoms with Gasteiger partial charge in [-0.25, -0.2) is 0 Å². The minimum Gasteiger partial charge on any atom is -0.495 e. The number of para-hydroxylation sites is 3. The molecule has 0 radical (unpaired) electrons. The molecule has 0 spiro atoms. The number of hydrogen-bond acceptors (Lipinski definition) is 3. The number of anilines is 1. The van der Waals surface area contributed by atoms with Crippen LogP contribution in [0.3, 0.4) is 0 Å². The van der Waals surface area contributed by atoms with Crippen molar-refractivity contribution in [3.63, 3.8) is 0 Å². The molecule has 0 aliphatic carbocycles. The molecule has 0 saturated heterocycles. The van der Waals surface area contributed by atoms with Gasteiger partial charge in [0.15, 0.2) is 5.11 Å². The summed E-state index contributed by atoms with van der Waals surface area (Å²) in [6, 6.07) is 15.6. The van der Waals surface area contributed by atoms with Crippen LogP contribution in [0.25, 0.3) is 10.9 Å². The number of thiocarbonyl (C=S) groups is 1. The van der Waals surface area contributed by atoms with E-state index in [2.05, 4.69) is 20.8 Å². The number of hydrogen-bond donors (Lipinski definition) is 3. The molecule has 2 aromatic carbocycles. The SMILES string of the molecule is COc1ccccc1NC(=S)N/N=C/c1c[nH]c2ccccc12. The van der Waals surface area contributed by atoms with Gasteiger partial charge in [0.05, 0.1) is 19.0 Å². The lowest BCUT2D eigenvalue weighted by atomic mass is 10.2. The van der Waals surface area contributed by atoms with E-state index in [0.717, 1.165) is 27.9 Å². The molecule has 1 heterocycles. The van der Waals surface area contributed by atoms with E-state index in [1.807, 2.05) is 54.7 Å². The van der Waals surface area contributed by atoms with E-state index in [1.165, 1.54) is 0 Å². The summed E-state index contributed by atoms with van der Waals surface area (Å²) in [7, 11) is 1.62. The molecular formula is C17H16N4OS. The summed E-state index contributed by atoms with van der Waals surface area (Å²) in [6.07, 6.45) is 3.64. The molecule has 23 heavy (non-hydrogen) atoms. The molecule has 0 aliphatic rings. The van der Waals surface area contributed by atoms with E-state index < -0.39 is 0 Å². The third kappa shape index (κ3) is 3.49. The van der Waals surface area contributed by atoms with Crippen molar-refractivity contribution in [2.24, 2.45) is 5.10 Å². The number of nitrogens with one attached hydrogen (secondary N) is 3. The Morgan fingerprint density at radius 1 is 1.17 bits per heavy atom. The van der Waals surface area contributed by atoms with Gasteiger partial charge >= 0.3 is 0 Å². The Morgan fingerprint density at radius 2 is 1.96 bits per heavy atom. The maximum Gasteiger partial charge on any atom is 0.191 e. The number of nitrogens with zero attached hydrogens (tertiary/aromatic N) is 1. The van der Waals surface area contributed by atoms with E-state index >= 15 is 0 Å². The van der Waals surface area contributed by atoms with Crippen LogP contribution in [0.4, 0.5) is 5.69 Å². The lowest BCUT2D eigenvalue weighted by Gasteiger charge is -2.10. The number of rotatable bonds is 4. The van der Waals surface area contributed by atoms with Gasteiger partial charge in [0.25, 0.3) is 0 Å². The smallest absolute Gasteiger partial charge is 0.191 e. The first kappa shape index (κ1) is 15.1. The quantitative estimate of drug-likeness (QED) is 0.390. The molecule has 0 amide bonds. The van der Waals surface area contributed by atoms with Crippen LogP contribution < -0.4 is 15.5 Å². The summed E-state index contributed by atoms with van der Waals surface area (Å²) in [6.45, 7) is 0. The summed E-state index contributed by atoms with van der Waals surface area (Å²) in [5.41, 5.74) is 5.66. The lowest BCUT2D eigenvalue weighted by Crippen LogP contribution is -2.24. The van der Waals surface area contributed by atoms with Crippen molar-refractivity contribution in [2.75, 3.05) is 12.4 Å². The Morgan fingerprint density at radius 3 is 2.83 bits per heavy atom. The van der Waals surface area contributed by atoms with Gasteiger partial charge in [-0.05, 0) is 30.4 Å². The van der Waals surface area contributed by atoms with Crippen LogP contribution in [0.5, 0.6) is 5.75 Å². The standard InChI is InChI=1S/C17H16N4OS/c1-22-16-9-5-4-8-15(16)20-17(23)21-19-11-12-10-18-14-7-3-2-6-13(12)14/h2-11,18H,1H3,(H2,20,21,23)/b19-11+. The van der Waals surface area contributed by atoms with Gasteiger partial charge in [0.1, 0.15) is 5.75 Å². The van der Waals surface area contributed by atoms with Gasteiger partial charge in [-0.1, -0.05) is 30.3 Å². The third-order valence-electron chi connectivity index (χ3n) is 3.35. The predicted molar refractivity (Wildman–Crippen MR) is 98.2 cm³/mol. The number of methoxy groups -OCH3 is 1. The van der Waals surface area contributed by atoms with E-state index in [9.17, 15) is 0 Å². The van der Waals surface area contributed by atoms with Crippen molar-refractivity contribution < 1.29 is 4.74 Å². The molecular weight excluding hydrogens is 308 g/mol. The fourth-order valence-electron chi connectivity index (χ4n) is 2.26. The van der Waals surface area contributed by atoms with Gasteiger partial charge in [0, 0.05) is 22.7 Å². The number of hydrazone groups is 1. The van der Waals surface area contributed by atoms with Crippen LogP contribution >= 0.6 is 12.2 Å². The van der Waals surface area contributed by atoms with Crippen molar-refractivity contribution in [1.29, 1.82) is 0 Å². The average Bonchev–Trinajstić information content (AvgIpc) is 2.99. The summed E-state index contributed by atoms with van der Waals surface area (Å²) in [5, 5.41) is 8.74. The number of ether oxygens (including phenoxy) is 1. The zero-order chi connectivity index (χ0) is 16.1. The Balaban J connectivity index is 1.65. The summed E-state index contributed by atoms with van der Waals surface area (Å²) < 4.78 is 5.27. The maximum absolute atomic E-state index is 5.27. The van der Waals surface area contributed by atoms with Crippen molar-refractivity contribution in [1.82, 2.24) is 10.4 Å². The largest absolute Gasteiger partial charge is 0.495 e. The van der Waals surface area contributed by atoms with Gasteiger partial charge in [-0.3, -0.25) is 5.43 Å². The number of aromatic nitrogens is 1. The van der Waals surface area contributed by atoms with Gasteiger partial charge in [-0.2, -0.15) is 5.10 Å². The second-order valence-electron chi connectivity index (χ2n) is 4.81. The first-order valence-corrected chi connectivity index (χ1v) is 7.48. The molecule has 0 unspecified atom stereocenters. The molecule has 0 fully saturated rings. The zero-order valence-corrected chi connectivity index (χ0v) is 13.4. The average molecular weight is 324 g/mol. The summed E-state index contributed by atoms with van der Waals surface area (Å²) in [4.78, 5) is 3.20. The Bertz CT molecular complexity index is 856. The second kappa shape index (κ2) is 6.93. The van der Waals surface area contributed by atoms with E-state index in [1.54, 1.807) is 13.3 Å². The molecule has 0 atom stereocenters. The molecule has 5 nitrogen and oxygen atoms in total. The monoisotopic (exact) mass is 324 g/mol. The highest BCUT2D eigenvalue weighted by atomic mass is 32.1. The molecule has 3 aromatic rings. The number of fused-ring (bicyclic) bond motifs is 1. The third-order valence-corrected chi connectivity index (χ3v) is 3.54. The number of aromatic amines is 1. The Kier molecular flexibility index (Phi) is 4.54. The first-order chi connectivity index (χ1) is 11.3. The van der Waals surface area contributed by atoms with Crippen LogP contribution in [0.15, 0.2) is 59.8 Å². The van der Waals surface area contributed by atoms with E-state index in [-0.39, 0.29) is 0 Å². The molecule has 0 bridgehead atoms. The van der Waals surface area contributed by atoms with Crippen molar-refractivity contribution >= 4 is 40.1 Å². The van der Waals surface area contributed by atoms with Crippen molar-refractivity contribution in [3.05, 3.63) is 60.3 Å². The van der Waals surface area contributed by atoms with Crippen LogP contribution in [0, 0.1) is 0 Å². The minimum atomic E-state index is 0.394. The van der Waals surface area contributed by atoms with Crippen LogP contribution in [-0.2, 0) is 0 Å². The first-order valence-electron chi connectivity index (χ1n) is 7.07. The minimum absolute atomic E-state index is 0.394. The molecule has 3 N–H and O–H groups in total. The maximum atomic E-state index is 5.27. The second-order valence-corrected chi connectivity index (χ2v) is 5.22. The lowest BCUT2D eigenvalue weighted by molar-refractivity contribution is 0.417. The van der Waals surface area contributed by atoms with Gasteiger partial charge in [-0.15, -0.1) is 0 Å². The van der Waals surface area contributed by atoms with E-state index in [0.29, 0.717) is 5.11 Å². The molecule has 6 heteroatoms. The zero-order valence-electron chi connectivity index (χ0n) is 12.5. The topological polar surface area (TPSA) is 61.4 Å². The molecule has 1 aromatic heterocycles. The van der Waals surface area contributed by atoms with E-state index in [4.69, 9.17) is 17.0 Å². The van der Waals surface area contributed by atoms with Crippen LogP contribution in [-0.4, -0.2) is 23.4 Å². The van der Waals surface area contributed by atoms with Crippen LogP contribution in [0.2, 0.25) is 0 Å². The highest BCUT2D eigenvalue weighted by Gasteiger charge is 2.03. The van der Waals surface area contributed by atoms with Crippen LogP contribution in [0.1, 0.15) is 5.56 Å². The van der Waals surface area contributed by atoms with Crippen molar-refractivity contribution in [3.8, 4) is 5.75 Å². The number of benzene rings is 2. The Labute approximate surface area is 139 Å². The summed E-state index contributed by atoms with van der Waals surface area (Å²) in [5.74, 6) is 0.720. The van der Waals surface area contributed by atoms with Gasteiger partial charge in [0.2, 0.25) is 0 Å². The number of H-pyrrole nitrogens is 1. The molecule has 0 saturated carbocycles. The summed E-state index contributed by atoms with van der Waals surface area (Å²) >= 11 is 5.23. The van der Waals surface area contributed by atoms with Gasteiger partial charge < -0.3 is 15.0 Å². The molecule has 0 aliphatic heterocycles. The highest BCUT2D eigenvalue weighted by Crippen LogP contribution is 2.22. The Hall–Kier alpha value is -2.86.